The van der Waals surface area contributed by atoms with Crippen LogP contribution in [0.3, 0.4) is 0 Å². The highest BCUT2D eigenvalue weighted by Crippen LogP contribution is 2.41. The SMILES string of the molecule is Fc1ccc(F)c(C(Cl)c2cc(Cl)sc2Cl)c1. The van der Waals surface area contributed by atoms with Crippen LogP contribution in [0.5, 0.6) is 0 Å². The van der Waals surface area contributed by atoms with Gasteiger partial charge in [0.05, 0.1) is 14.0 Å². The number of thiophene rings is 1. The van der Waals surface area contributed by atoms with E-state index in [1.54, 1.807) is 6.07 Å². The molecule has 0 saturated heterocycles. The molecule has 2 aromatic rings. The first-order valence-electron chi connectivity index (χ1n) is 4.53. The third-order valence-corrected chi connectivity index (χ3v) is 4.18. The first-order chi connectivity index (χ1) is 7.99. The van der Waals surface area contributed by atoms with Crippen LogP contribution in [0.2, 0.25) is 8.67 Å². The van der Waals surface area contributed by atoms with Gasteiger partial charge in [-0.05, 0) is 24.3 Å². The Morgan fingerprint density at radius 3 is 2.35 bits per heavy atom. The zero-order chi connectivity index (χ0) is 12.6. The van der Waals surface area contributed by atoms with E-state index >= 15 is 0 Å². The lowest BCUT2D eigenvalue weighted by Gasteiger charge is -2.10. The summed E-state index contributed by atoms with van der Waals surface area (Å²) in [5, 5.41) is -0.859. The molecule has 0 aliphatic carbocycles. The van der Waals surface area contributed by atoms with Gasteiger partial charge in [-0.2, -0.15) is 0 Å². The Labute approximate surface area is 116 Å². The molecule has 0 aliphatic rings. The Kier molecular flexibility index (Phi) is 3.93. The van der Waals surface area contributed by atoms with E-state index in [2.05, 4.69) is 0 Å². The number of rotatable bonds is 2. The maximum absolute atomic E-state index is 13.5. The molecule has 17 heavy (non-hydrogen) atoms. The van der Waals surface area contributed by atoms with Gasteiger partial charge in [-0.15, -0.1) is 22.9 Å². The highest BCUT2D eigenvalue weighted by atomic mass is 35.5. The third-order valence-electron chi connectivity index (χ3n) is 2.19. The molecule has 0 saturated carbocycles. The maximum Gasteiger partial charge on any atom is 0.128 e. The topological polar surface area (TPSA) is 0 Å². The van der Waals surface area contributed by atoms with Crippen molar-refractivity contribution >= 4 is 46.1 Å². The lowest BCUT2D eigenvalue weighted by Crippen LogP contribution is -1.97. The molecule has 0 amide bonds. The zero-order valence-electron chi connectivity index (χ0n) is 8.18. The van der Waals surface area contributed by atoms with E-state index in [-0.39, 0.29) is 5.56 Å². The molecule has 0 N–H and O–H groups in total. The molecule has 90 valence electrons. The first kappa shape index (κ1) is 13.1. The van der Waals surface area contributed by atoms with Crippen molar-refractivity contribution in [3.8, 4) is 0 Å². The summed E-state index contributed by atoms with van der Waals surface area (Å²) in [7, 11) is 0. The molecule has 6 heteroatoms. The molecule has 0 aliphatic heterocycles. The van der Waals surface area contributed by atoms with Gasteiger partial charge in [0.15, 0.2) is 0 Å². The summed E-state index contributed by atoms with van der Waals surface area (Å²) < 4.78 is 27.4. The standard InChI is InChI=1S/C11H5Cl3F2S/c12-9-4-7(11(14)17-9)10(13)6-3-5(15)1-2-8(6)16/h1-4,10H. The van der Waals surface area contributed by atoms with Gasteiger partial charge in [0.25, 0.3) is 0 Å². The van der Waals surface area contributed by atoms with Gasteiger partial charge in [-0.1, -0.05) is 23.2 Å². The summed E-state index contributed by atoms with van der Waals surface area (Å²) >= 11 is 18.9. The summed E-state index contributed by atoms with van der Waals surface area (Å²) in [5.74, 6) is -1.13. The van der Waals surface area contributed by atoms with Crippen molar-refractivity contribution in [2.45, 2.75) is 5.38 Å². The van der Waals surface area contributed by atoms with Crippen molar-refractivity contribution in [1.29, 1.82) is 0 Å². The molecule has 0 spiro atoms. The van der Waals surface area contributed by atoms with Gasteiger partial charge in [0.2, 0.25) is 0 Å². The second-order valence-corrected chi connectivity index (χ2v) is 6.03. The first-order valence-corrected chi connectivity index (χ1v) is 6.53. The Hall–Kier alpha value is -0.350. The molecule has 0 radical (unpaired) electrons. The smallest absolute Gasteiger partial charge is 0.128 e. The summed E-state index contributed by atoms with van der Waals surface area (Å²) in [6.45, 7) is 0. The molecule has 1 unspecified atom stereocenters. The predicted octanol–water partition coefficient (Wildman–Crippen LogP) is 5.66. The van der Waals surface area contributed by atoms with Crippen molar-refractivity contribution in [2.24, 2.45) is 0 Å². The van der Waals surface area contributed by atoms with E-state index in [0.717, 1.165) is 29.5 Å². The summed E-state index contributed by atoms with van der Waals surface area (Å²) in [4.78, 5) is 0. The van der Waals surface area contributed by atoms with Crippen LogP contribution in [-0.4, -0.2) is 0 Å². The van der Waals surface area contributed by atoms with Crippen molar-refractivity contribution in [1.82, 2.24) is 0 Å². The van der Waals surface area contributed by atoms with Gasteiger partial charge in [-0.25, -0.2) is 8.78 Å². The minimum Gasteiger partial charge on any atom is -0.207 e. The minimum absolute atomic E-state index is 0.0445. The Morgan fingerprint density at radius 2 is 1.76 bits per heavy atom. The second-order valence-electron chi connectivity index (χ2n) is 3.31. The number of benzene rings is 1. The van der Waals surface area contributed by atoms with Gasteiger partial charge in [-0.3, -0.25) is 0 Å². The lowest BCUT2D eigenvalue weighted by molar-refractivity contribution is 0.587. The lowest BCUT2D eigenvalue weighted by atomic mass is 10.1. The van der Waals surface area contributed by atoms with Crippen LogP contribution in [0.25, 0.3) is 0 Å². The number of hydrogen-bond donors (Lipinski definition) is 0. The third kappa shape index (κ3) is 2.74. The van der Waals surface area contributed by atoms with E-state index in [4.69, 9.17) is 34.8 Å². The molecule has 1 aromatic carbocycles. The van der Waals surface area contributed by atoms with Crippen molar-refractivity contribution < 1.29 is 8.78 Å². The molecular weight excluding hydrogens is 309 g/mol. The molecule has 1 heterocycles. The molecule has 0 bridgehead atoms. The van der Waals surface area contributed by atoms with Crippen LogP contribution in [0, 0.1) is 11.6 Å². The largest absolute Gasteiger partial charge is 0.207 e. The highest BCUT2D eigenvalue weighted by Gasteiger charge is 2.20. The minimum atomic E-state index is -0.859. The van der Waals surface area contributed by atoms with Crippen LogP contribution in [0.15, 0.2) is 24.3 Å². The fourth-order valence-electron chi connectivity index (χ4n) is 1.40. The van der Waals surface area contributed by atoms with E-state index in [9.17, 15) is 8.78 Å². The predicted molar refractivity (Wildman–Crippen MR) is 68.4 cm³/mol. The van der Waals surface area contributed by atoms with Crippen LogP contribution < -0.4 is 0 Å². The number of halogens is 5. The van der Waals surface area contributed by atoms with Gasteiger partial charge in [0.1, 0.15) is 11.6 Å². The van der Waals surface area contributed by atoms with Crippen molar-refractivity contribution in [2.75, 3.05) is 0 Å². The van der Waals surface area contributed by atoms with Gasteiger partial charge >= 0.3 is 0 Å². The second kappa shape index (κ2) is 5.11. The Morgan fingerprint density at radius 1 is 1.06 bits per heavy atom. The van der Waals surface area contributed by atoms with E-state index in [0.29, 0.717) is 14.2 Å². The molecule has 1 atom stereocenters. The monoisotopic (exact) mass is 312 g/mol. The maximum atomic E-state index is 13.5. The van der Waals surface area contributed by atoms with E-state index in [1.165, 1.54) is 0 Å². The van der Waals surface area contributed by atoms with Crippen LogP contribution in [-0.2, 0) is 0 Å². The molecule has 0 fully saturated rings. The summed E-state index contributed by atoms with van der Waals surface area (Å²) in [6.07, 6.45) is 0. The quantitative estimate of drug-likeness (QED) is 0.627. The zero-order valence-corrected chi connectivity index (χ0v) is 11.3. The fraction of sp³-hybridized carbons (Fsp3) is 0.0909. The normalized spacial score (nSPS) is 12.8. The van der Waals surface area contributed by atoms with E-state index in [1.807, 2.05) is 0 Å². The number of alkyl halides is 1. The summed E-state index contributed by atoms with van der Waals surface area (Å²) in [5.41, 5.74) is 0.524. The van der Waals surface area contributed by atoms with Crippen molar-refractivity contribution in [3.63, 3.8) is 0 Å². The summed E-state index contributed by atoms with van der Waals surface area (Å²) in [6, 6.07) is 4.66. The molecular formula is C11H5Cl3F2S. The number of hydrogen-bond acceptors (Lipinski definition) is 1. The van der Waals surface area contributed by atoms with Gasteiger partial charge in [0, 0.05) is 11.1 Å². The average Bonchev–Trinajstić information content (AvgIpc) is 2.60. The Balaban J connectivity index is 2.46. The highest BCUT2D eigenvalue weighted by molar-refractivity contribution is 7.20. The molecule has 1 aromatic heterocycles. The molecule has 0 nitrogen and oxygen atoms in total. The van der Waals surface area contributed by atoms with Crippen LogP contribution in [0.4, 0.5) is 8.78 Å². The van der Waals surface area contributed by atoms with Crippen LogP contribution in [0.1, 0.15) is 16.5 Å². The van der Waals surface area contributed by atoms with Crippen LogP contribution >= 0.6 is 46.1 Å². The van der Waals surface area contributed by atoms with Crippen molar-refractivity contribution in [3.05, 3.63) is 55.7 Å². The van der Waals surface area contributed by atoms with E-state index < -0.39 is 17.0 Å². The van der Waals surface area contributed by atoms with Gasteiger partial charge < -0.3 is 0 Å². The fourth-order valence-corrected chi connectivity index (χ4v) is 3.39. The average molecular weight is 314 g/mol. The Bertz CT molecular complexity index is 554. The molecule has 2 rings (SSSR count).